The molecule has 1 saturated heterocycles. The Morgan fingerprint density at radius 2 is 2.19 bits per heavy atom. The van der Waals surface area contributed by atoms with Crippen LogP contribution in [0.25, 0.3) is 0 Å². The molecule has 0 radical (unpaired) electrons. The molecule has 2 fully saturated rings. The molecule has 2 N–H and O–H groups in total. The highest BCUT2D eigenvalue weighted by atomic mass is 19.4. The van der Waals surface area contributed by atoms with Gasteiger partial charge in [0, 0.05) is 20.1 Å². The standard InChI is InChI=1S/C18H24F3N3O2/c1-22-16(23-12-17(25)6-3-7-17)24-8-9-26-15(11-24)13-4-2-5-14(10-13)18(19,20)21/h2,4-5,10,15,25H,3,6-9,11-12H2,1H3,(H,22,23). The van der Waals surface area contributed by atoms with E-state index >= 15 is 0 Å². The maximum absolute atomic E-state index is 12.9. The van der Waals surface area contributed by atoms with Crippen molar-refractivity contribution in [3.63, 3.8) is 0 Å². The Morgan fingerprint density at radius 3 is 2.81 bits per heavy atom. The summed E-state index contributed by atoms with van der Waals surface area (Å²) in [6.45, 7) is 1.81. The fraction of sp³-hybridized carbons (Fsp3) is 0.611. The van der Waals surface area contributed by atoms with Crippen LogP contribution in [-0.4, -0.2) is 54.9 Å². The van der Waals surface area contributed by atoms with E-state index in [4.69, 9.17) is 4.74 Å². The summed E-state index contributed by atoms with van der Waals surface area (Å²) < 4.78 is 44.5. The van der Waals surface area contributed by atoms with E-state index in [0.717, 1.165) is 31.4 Å². The van der Waals surface area contributed by atoms with Gasteiger partial charge in [-0.3, -0.25) is 4.99 Å². The minimum absolute atomic E-state index is 0.395. The molecular weight excluding hydrogens is 347 g/mol. The third-order valence-corrected chi connectivity index (χ3v) is 5.02. The van der Waals surface area contributed by atoms with Gasteiger partial charge in [-0.1, -0.05) is 12.1 Å². The van der Waals surface area contributed by atoms with Crippen molar-refractivity contribution in [1.82, 2.24) is 10.2 Å². The summed E-state index contributed by atoms with van der Waals surface area (Å²) in [5.74, 6) is 0.630. The summed E-state index contributed by atoms with van der Waals surface area (Å²) in [7, 11) is 1.65. The highest BCUT2D eigenvalue weighted by molar-refractivity contribution is 5.80. The molecule has 1 unspecified atom stereocenters. The van der Waals surface area contributed by atoms with Crippen LogP contribution in [0.3, 0.4) is 0 Å². The predicted octanol–water partition coefficient (Wildman–Crippen LogP) is 2.57. The Labute approximate surface area is 150 Å². The third kappa shape index (κ3) is 4.29. The molecule has 0 bridgehead atoms. The Kier molecular flexibility index (Phi) is 5.43. The van der Waals surface area contributed by atoms with E-state index in [9.17, 15) is 18.3 Å². The maximum atomic E-state index is 12.9. The van der Waals surface area contributed by atoms with Gasteiger partial charge in [0.1, 0.15) is 6.10 Å². The SMILES string of the molecule is CN=C(NCC1(O)CCC1)N1CCOC(c2cccc(C(F)(F)F)c2)C1. The topological polar surface area (TPSA) is 57.1 Å². The largest absolute Gasteiger partial charge is 0.416 e. The molecule has 5 nitrogen and oxygen atoms in total. The van der Waals surface area contributed by atoms with Gasteiger partial charge in [-0.05, 0) is 37.0 Å². The zero-order valence-corrected chi connectivity index (χ0v) is 14.7. The van der Waals surface area contributed by atoms with E-state index in [1.807, 2.05) is 4.90 Å². The van der Waals surface area contributed by atoms with Crippen LogP contribution in [0, 0.1) is 0 Å². The van der Waals surface area contributed by atoms with Gasteiger partial charge >= 0.3 is 6.18 Å². The van der Waals surface area contributed by atoms with E-state index in [1.54, 1.807) is 13.1 Å². The second-order valence-corrected chi connectivity index (χ2v) is 6.91. The van der Waals surface area contributed by atoms with Crippen molar-refractivity contribution in [1.29, 1.82) is 0 Å². The number of benzene rings is 1. The first-order valence-corrected chi connectivity index (χ1v) is 8.77. The lowest BCUT2D eigenvalue weighted by Crippen LogP contribution is -2.53. The van der Waals surface area contributed by atoms with Crippen LogP contribution >= 0.6 is 0 Å². The minimum atomic E-state index is -4.37. The molecule has 2 aliphatic rings. The third-order valence-electron chi connectivity index (χ3n) is 5.02. The van der Waals surface area contributed by atoms with Crippen molar-refractivity contribution in [2.45, 2.75) is 37.1 Å². The number of nitrogens with zero attached hydrogens (tertiary/aromatic N) is 2. The quantitative estimate of drug-likeness (QED) is 0.633. The fourth-order valence-corrected chi connectivity index (χ4v) is 3.30. The number of alkyl halides is 3. The fourth-order valence-electron chi connectivity index (χ4n) is 3.30. The monoisotopic (exact) mass is 371 g/mol. The number of hydrogen-bond acceptors (Lipinski definition) is 3. The Balaban J connectivity index is 1.66. The van der Waals surface area contributed by atoms with Crippen LogP contribution in [-0.2, 0) is 10.9 Å². The van der Waals surface area contributed by atoms with E-state index in [2.05, 4.69) is 10.3 Å². The molecule has 0 spiro atoms. The van der Waals surface area contributed by atoms with Crippen molar-refractivity contribution < 1.29 is 23.0 Å². The summed E-state index contributed by atoms with van der Waals surface area (Å²) in [4.78, 5) is 6.20. The average Bonchev–Trinajstić information content (AvgIpc) is 2.60. The van der Waals surface area contributed by atoms with Crippen LogP contribution < -0.4 is 5.32 Å². The van der Waals surface area contributed by atoms with Gasteiger partial charge in [0.05, 0.1) is 24.3 Å². The average molecular weight is 371 g/mol. The second-order valence-electron chi connectivity index (χ2n) is 6.91. The predicted molar refractivity (Wildman–Crippen MR) is 91.9 cm³/mol. The number of nitrogens with one attached hydrogen (secondary N) is 1. The number of morpholine rings is 1. The molecule has 1 atom stereocenters. The van der Waals surface area contributed by atoms with Crippen molar-refractivity contribution in [2.24, 2.45) is 4.99 Å². The normalized spacial score (nSPS) is 23.5. The Hall–Kier alpha value is -1.80. The molecule has 1 aromatic rings. The summed E-state index contributed by atoms with van der Waals surface area (Å²) in [6.07, 6.45) is -2.28. The summed E-state index contributed by atoms with van der Waals surface area (Å²) >= 11 is 0. The summed E-state index contributed by atoms with van der Waals surface area (Å²) in [5.41, 5.74) is -0.856. The van der Waals surface area contributed by atoms with Gasteiger partial charge in [-0.15, -0.1) is 0 Å². The second kappa shape index (κ2) is 7.44. The van der Waals surface area contributed by atoms with Crippen molar-refractivity contribution in [3.05, 3.63) is 35.4 Å². The molecule has 3 rings (SSSR count). The van der Waals surface area contributed by atoms with Crippen molar-refractivity contribution >= 4 is 5.96 Å². The summed E-state index contributed by atoms with van der Waals surface area (Å²) in [5, 5.41) is 13.4. The highest BCUT2D eigenvalue weighted by Gasteiger charge is 2.35. The highest BCUT2D eigenvalue weighted by Crippen LogP contribution is 2.33. The molecule has 8 heteroatoms. The van der Waals surface area contributed by atoms with Crippen LogP contribution in [0.1, 0.15) is 36.5 Å². The van der Waals surface area contributed by atoms with Gasteiger partial charge < -0.3 is 20.1 Å². The zero-order chi connectivity index (χ0) is 18.8. The lowest BCUT2D eigenvalue weighted by Gasteiger charge is -2.39. The molecule has 1 heterocycles. The lowest BCUT2D eigenvalue weighted by molar-refractivity contribution is -0.137. The molecule has 0 amide bonds. The molecule has 1 saturated carbocycles. The first-order chi connectivity index (χ1) is 12.3. The number of aliphatic imine (C=N–C) groups is 1. The van der Waals surface area contributed by atoms with Crippen molar-refractivity contribution in [2.75, 3.05) is 33.3 Å². The number of halogens is 3. The molecule has 1 aliphatic heterocycles. The number of hydrogen-bond donors (Lipinski definition) is 2. The van der Waals surface area contributed by atoms with Crippen LogP contribution in [0.5, 0.6) is 0 Å². The Morgan fingerprint density at radius 1 is 1.42 bits per heavy atom. The number of guanidine groups is 1. The molecular formula is C18H24F3N3O2. The van der Waals surface area contributed by atoms with Gasteiger partial charge in [0.2, 0.25) is 0 Å². The minimum Gasteiger partial charge on any atom is -0.388 e. The molecule has 1 aliphatic carbocycles. The molecule has 1 aromatic carbocycles. The van der Waals surface area contributed by atoms with E-state index in [-0.39, 0.29) is 0 Å². The van der Waals surface area contributed by atoms with E-state index in [0.29, 0.717) is 37.8 Å². The summed E-state index contributed by atoms with van der Waals surface area (Å²) in [6, 6.07) is 5.25. The van der Waals surface area contributed by atoms with Crippen LogP contribution in [0.2, 0.25) is 0 Å². The van der Waals surface area contributed by atoms with Crippen LogP contribution in [0.15, 0.2) is 29.3 Å². The molecule has 144 valence electrons. The number of ether oxygens (including phenoxy) is 1. The number of aliphatic hydroxyl groups is 1. The van der Waals surface area contributed by atoms with Crippen LogP contribution in [0.4, 0.5) is 13.2 Å². The zero-order valence-electron chi connectivity index (χ0n) is 14.7. The van der Waals surface area contributed by atoms with Gasteiger partial charge in [0.15, 0.2) is 5.96 Å². The number of rotatable bonds is 3. The smallest absolute Gasteiger partial charge is 0.388 e. The lowest BCUT2D eigenvalue weighted by atomic mass is 9.80. The first-order valence-electron chi connectivity index (χ1n) is 8.77. The van der Waals surface area contributed by atoms with Crippen molar-refractivity contribution in [3.8, 4) is 0 Å². The van der Waals surface area contributed by atoms with E-state index < -0.39 is 23.4 Å². The molecule has 0 aromatic heterocycles. The first kappa shape index (κ1) is 19.0. The van der Waals surface area contributed by atoms with Gasteiger partial charge in [-0.25, -0.2) is 0 Å². The molecule has 26 heavy (non-hydrogen) atoms. The maximum Gasteiger partial charge on any atom is 0.416 e. The van der Waals surface area contributed by atoms with E-state index in [1.165, 1.54) is 6.07 Å². The van der Waals surface area contributed by atoms with Gasteiger partial charge in [0.25, 0.3) is 0 Å². The Bertz CT molecular complexity index is 659. The van der Waals surface area contributed by atoms with Gasteiger partial charge in [-0.2, -0.15) is 13.2 Å².